The monoisotopic (exact) mass is 256 g/mol. The Balaban J connectivity index is 0. The Hall–Kier alpha value is 0. The largest absolute Gasteiger partial charge is 0.0651 e. The van der Waals surface area contributed by atoms with E-state index in [1.54, 1.807) is 0 Å². The number of hydrogen-bond acceptors (Lipinski definition) is 0. The highest BCUT2D eigenvalue weighted by Gasteiger charge is 2.20. The molecule has 0 nitrogen and oxygen atoms in total. The van der Waals surface area contributed by atoms with E-state index in [9.17, 15) is 0 Å². The second-order valence-electron chi connectivity index (χ2n) is 5.93. The lowest BCUT2D eigenvalue weighted by atomic mass is 9.78. The van der Waals surface area contributed by atoms with Crippen LogP contribution in [0.5, 0.6) is 0 Å². The van der Waals surface area contributed by atoms with Crippen molar-refractivity contribution in [2.45, 2.75) is 93.9 Å². The van der Waals surface area contributed by atoms with Crippen LogP contribution in [0.2, 0.25) is 0 Å². The van der Waals surface area contributed by atoms with Crippen molar-refractivity contribution in [3.05, 3.63) is 0 Å². The molecule has 0 radical (unpaired) electrons. The molecule has 0 amide bonds. The highest BCUT2D eigenvalue weighted by atomic mass is 14.3. The summed E-state index contributed by atoms with van der Waals surface area (Å²) in [5.41, 5.74) is 0. The third-order valence-electron chi connectivity index (χ3n) is 4.98. The van der Waals surface area contributed by atoms with Crippen LogP contribution in [0.15, 0.2) is 0 Å². The summed E-state index contributed by atoms with van der Waals surface area (Å²) in [4.78, 5) is 0. The van der Waals surface area contributed by atoms with Crippen molar-refractivity contribution in [2.24, 2.45) is 23.7 Å². The van der Waals surface area contributed by atoms with Gasteiger partial charge in [-0.3, -0.25) is 0 Å². The van der Waals surface area contributed by atoms with Crippen LogP contribution in [0, 0.1) is 23.7 Å². The molecule has 0 saturated heterocycles. The van der Waals surface area contributed by atoms with Crippen LogP contribution in [0.3, 0.4) is 0 Å². The standard InChI is InChI=1S/C12H26.C6H14/c1-6-11(7-2)10(5)12(8-3)9-4;1-4-6(3)5-2/h10-12H,6-9H2,1-5H3;6H,4-5H2,1-3H3. The van der Waals surface area contributed by atoms with E-state index in [-0.39, 0.29) is 0 Å². The highest BCUT2D eigenvalue weighted by Crippen LogP contribution is 2.30. The minimum atomic E-state index is 0.926. The molecule has 0 spiro atoms. The summed E-state index contributed by atoms with van der Waals surface area (Å²) in [7, 11) is 0. The fraction of sp³-hybridized carbons (Fsp3) is 1.00. The van der Waals surface area contributed by atoms with Gasteiger partial charge in [-0.1, -0.05) is 93.9 Å². The van der Waals surface area contributed by atoms with Crippen LogP contribution < -0.4 is 0 Å². The van der Waals surface area contributed by atoms with Crippen LogP contribution in [0.4, 0.5) is 0 Å². The van der Waals surface area contributed by atoms with Crippen LogP contribution in [-0.4, -0.2) is 0 Å². The molecular weight excluding hydrogens is 216 g/mol. The number of hydrogen-bond donors (Lipinski definition) is 0. The Morgan fingerprint density at radius 1 is 0.500 bits per heavy atom. The Bertz CT molecular complexity index is 126. The van der Waals surface area contributed by atoms with Crippen LogP contribution >= 0.6 is 0 Å². The summed E-state index contributed by atoms with van der Waals surface area (Å²) in [5, 5.41) is 0. The van der Waals surface area contributed by atoms with E-state index >= 15 is 0 Å². The van der Waals surface area contributed by atoms with E-state index in [2.05, 4.69) is 55.4 Å². The molecule has 0 aliphatic heterocycles. The lowest BCUT2D eigenvalue weighted by Gasteiger charge is -2.28. The van der Waals surface area contributed by atoms with Crippen molar-refractivity contribution in [3.63, 3.8) is 0 Å². The molecule has 0 aromatic carbocycles. The van der Waals surface area contributed by atoms with E-state index in [1.807, 2.05) is 0 Å². The fourth-order valence-corrected chi connectivity index (χ4v) is 2.74. The van der Waals surface area contributed by atoms with Gasteiger partial charge in [-0.05, 0) is 23.7 Å². The molecule has 0 aromatic rings. The zero-order valence-corrected chi connectivity index (χ0v) is 14.6. The van der Waals surface area contributed by atoms with Gasteiger partial charge in [0.25, 0.3) is 0 Å². The third-order valence-corrected chi connectivity index (χ3v) is 4.98. The average molecular weight is 257 g/mol. The lowest BCUT2D eigenvalue weighted by Crippen LogP contribution is -2.19. The predicted octanol–water partition coefficient (Wildman–Crippen LogP) is 6.94. The lowest BCUT2D eigenvalue weighted by molar-refractivity contribution is 0.222. The van der Waals surface area contributed by atoms with Gasteiger partial charge in [0.1, 0.15) is 0 Å². The second kappa shape index (κ2) is 13.4. The van der Waals surface area contributed by atoms with Gasteiger partial charge in [-0.2, -0.15) is 0 Å². The molecule has 0 N–H and O–H groups in total. The normalized spacial score (nSPS) is 11.3. The molecule has 0 heteroatoms. The zero-order chi connectivity index (χ0) is 14.6. The molecule has 0 atom stereocenters. The smallest absolute Gasteiger partial charge is 0.0386 e. The Labute approximate surface area is 118 Å². The Morgan fingerprint density at radius 2 is 0.778 bits per heavy atom. The maximum atomic E-state index is 2.44. The van der Waals surface area contributed by atoms with Gasteiger partial charge < -0.3 is 0 Å². The molecule has 18 heavy (non-hydrogen) atoms. The van der Waals surface area contributed by atoms with E-state index < -0.39 is 0 Å². The van der Waals surface area contributed by atoms with Crippen LogP contribution in [-0.2, 0) is 0 Å². The van der Waals surface area contributed by atoms with Crippen molar-refractivity contribution < 1.29 is 0 Å². The topological polar surface area (TPSA) is 0 Å². The third kappa shape index (κ3) is 9.00. The van der Waals surface area contributed by atoms with Crippen molar-refractivity contribution >= 4 is 0 Å². The molecule has 0 saturated carbocycles. The fourth-order valence-electron chi connectivity index (χ4n) is 2.74. The molecule has 0 fully saturated rings. The molecule has 0 bridgehead atoms. The number of rotatable bonds is 8. The highest BCUT2D eigenvalue weighted by molar-refractivity contribution is 4.70. The van der Waals surface area contributed by atoms with E-state index in [1.165, 1.54) is 38.5 Å². The summed E-state index contributed by atoms with van der Waals surface area (Å²) < 4.78 is 0. The van der Waals surface area contributed by atoms with Gasteiger partial charge in [-0.15, -0.1) is 0 Å². The maximum absolute atomic E-state index is 2.44. The van der Waals surface area contributed by atoms with E-state index in [0.29, 0.717) is 0 Å². The van der Waals surface area contributed by atoms with Crippen molar-refractivity contribution in [1.29, 1.82) is 0 Å². The summed E-state index contributed by atoms with van der Waals surface area (Å²) in [6.07, 6.45) is 8.08. The minimum absolute atomic E-state index is 0.926. The summed E-state index contributed by atoms with van der Waals surface area (Å²) in [6, 6.07) is 0. The van der Waals surface area contributed by atoms with Gasteiger partial charge in [-0.25, -0.2) is 0 Å². The summed E-state index contributed by atoms with van der Waals surface area (Å²) in [6.45, 7) is 18.5. The molecule has 0 aliphatic carbocycles. The predicted molar refractivity (Wildman–Crippen MR) is 87.1 cm³/mol. The Kier molecular flexibility index (Phi) is 15.2. The van der Waals surface area contributed by atoms with Crippen LogP contribution in [0.1, 0.15) is 93.9 Å². The molecule has 0 rings (SSSR count). The quantitative estimate of drug-likeness (QED) is 0.441. The zero-order valence-electron chi connectivity index (χ0n) is 14.6. The first-order valence-corrected chi connectivity index (χ1v) is 8.51. The van der Waals surface area contributed by atoms with E-state index in [4.69, 9.17) is 0 Å². The molecule has 0 unspecified atom stereocenters. The maximum Gasteiger partial charge on any atom is -0.0386 e. The van der Waals surface area contributed by atoms with Crippen molar-refractivity contribution in [3.8, 4) is 0 Å². The molecule has 112 valence electrons. The first-order chi connectivity index (χ1) is 8.51. The molecule has 0 aliphatic rings. The van der Waals surface area contributed by atoms with E-state index in [0.717, 1.165) is 23.7 Å². The Morgan fingerprint density at radius 3 is 0.889 bits per heavy atom. The SMILES string of the molecule is CCC(C)CC.CCC(CC)C(C)C(CC)CC. The molecule has 0 aromatic heterocycles. The van der Waals surface area contributed by atoms with Gasteiger partial charge in [0.2, 0.25) is 0 Å². The van der Waals surface area contributed by atoms with Gasteiger partial charge in [0.15, 0.2) is 0 Å². The summed E-state index contributed by atoms with van der Waals surface area (Å²) in [5.74, 6) is 3.77. The van der Waals surface area contributed by atoms with Gasteiger partial charge in [0, 0.05) is 0 Å². The molecular formula is C18H40. The van der Waals surface area contributed by atoms with Crippen molar-refractivity contribution in [1.82, 2.24) is 0 Å². The van der Waals surface area contributed by atoms with Crippen LogP contribution in [0.25, 0.3) is 0 Å². The minimum Gasteiger partial charge on any atom is -0.0651 e. The van der Waals surface area contributed by atoms with Gasteiger partial charge >= 0.3 is 0 Å². The molecule has 0 heterocycles. The summed E-state index contributed by atoms with van der Waals surface area (Å²) >= 11 is 0. The second-order valence-corrected chi connectivity index (χ2v) is 5.93. The van der Waals surface area contributed by atoms with Gasteiger partial charge in [0.05, 0.1) is 0 Å². The first kappa shape index (κ1) is 20.3. The van der Waals surface area contributed by atoms with Crippen molar-refractivity contribution in [2.75, 3.05) is 0 Å². The first-order valence-electron chi connectivity index (χ1n) is 8.51. The average Bonchev–Trinajstić information content (AvgIpc) is 2.41.